The van der Waals surface area contributed by atoms with Crippen LogP contribution in [0.3, 0.4) is 0 Å². The number of fused-ring (bicyclic) bond motifs is 2. The van der Waals surface area contributed by atoms with E-state index in [1.165, 1.54) is 48.8 Å². The van der Waals surface area contributed by atoms with Crippen molar-refractivity contribution < 1.29 is 9.21 Å². The van der Waals surface area contributed by atoms with Gasteiger partial charge in [-0.1, -0.05) is 32.8 Å². The van der Waals surface area contributed by atoms with Gasteiger partial charge in [0.15, 0.2) is 0 Å². The van der Waals surface area contributed by atoms with Gasteiger partial charge in [-0.2, -0.15) is 0 Å². The van der Waals surface area contributed by atoms with Gasteiger partial charge in [-0.15, -0.1) is 0 Å². The Balaban J connectivity index is 1.75. The molecular weight excluding hydrogens is 334 g/mol. The van der Waals surface area contributed by atoms with Crippen molar-refractivity contribution in [3.05, 3.63) is 52.0 Å². The minimum Gasteiger partial charge on any atom is -0.461 e. The lowest BCUT2D eigenvalue weighted by Crippen LogP contribution is -2.04. The van der Waals surface area contributed by atoms with E-state index in [1.807, 2.05) is 12.1 Å². The Kier molecular flexibility index (Phi) is 5.20. The zero-order chi connectivity index (χ0) is 18.8. The number of amides is 1. The Morgan fingerprint density at radius 2 is 2.00 bits per heavy atom. The lowest BCUT2D eigenvalue weighted by Gasteiger charge is -2.10. The van der Waals surface area contributed by atoms with Crippen molar-refractivity contribution in [3.63, 3.8) is 0 Å². The van der Waals surface area contributed by atoms with Crippen molar-refractivity contribution in [2.45, 2.75) is 71.6 Å². The van der Waals surface area contributed by atoms with Crippen LogP contribution < -0.4 is 5.32 Å². The smallest absolute Gasteiger partial charge is 0.256 e. The third-order valence-corrected chi connectivity index (χ3v) is 5.89. The lowest BCUT2D eigenvalue weighted by atomic mass is 9.91. The average molecular weight is 364 g/mol. The van der Waals surface area contributed by atoms with Crippen molar-refractivity contribution in [2.75, 3.05) is 5.32 Å². The van der Waals surface area contributed by atoms with Gasteiger partial charge in [-0.05, 0) is 67.9 Å². The summed E-state index contributed by atoms with van der Waals surface area (Å²) in [5, 5.41) is 3.00. The molecule has 0 fully saturated rings. The first-order valence-corrected chi connectivity index (χ1v) is 10.5. The summed E-state index contributed by atoms with van der Waals surface area (Å²) >= 11 is 0. The molecular formula is C24H29NO2. The maximum absolute atomic E-state index is 12.6. The first-order chi connectivity index (χ1) is 13.2. The minimum absolute atomic E-state index is 0.0212. The van der Waals surface area contributed by atoms with Crippen LogP contribution in [-0.2, 0) is 30.5 Å². The van der Waals surface area contributed by atoms with Gasteiger partial charge in [-0.3, -0.25) is 4.79 Å². The molecule has 1 amide bonds. The molecule has 3 heteroatoms. The zero-order valence-corrected chi connectivity index (χ0v) is 16.5. The number of benzene rings is 1. The summed E-state index contributed by atoms with van der Waals surface area (Å²) in [7, 11) is 0. The number of nitrogens with one attached hydrogen (secondary N) is 1. The fourth-order valence-electron chi connectivity index (χ4n) is 4.32. The maximum Gasteiger partial charge on any atom is 0.256 e. The van der Waals surface area contributed by atoms with Crippen molar-refractivity contribution in [3.8, 4) is 0 Å². The number of carbonyl (C=O) groups is 1. The van der Waals surface area contributed by atoms with E-state index in [-0.39, 0.29) is 5.91 Å². The fourth-order valence-corrected chi connectivity index (χ4v) is 4.32. The SMILES string of the molecule is CCCCCc1c(C=C2C(=O)Nc3ccc(CC)cc32)oc2c1CCCC2. The summed E-state index contributed by atoms with van der Waals surface area (Å²) in [4.78, 5) is 12.6. The number of furan rings is 1. The van der Waals surface area contributed by atoms with Gasteiger partial charge in [-0.25, -0.2) is 0 Å². The quantitative estimate of drug-likeness (QED) is 0.509. The highest BCUT2D eigenvalue weighted by atomic mass is 16.3. The highest BCUT2D eigenvalue weighted by Crippen LogP contribution is 2.37. The second kappa shape index (κ2) is 7.75. The standard InChI is InChI=1S/C24H29NO2/c1-3-5-6-9-18-17-10-7-8-11-22(17)27-23(18)15-20-19-14-16(4-2)12-13-21(19)25-24(20)26/h12-15H,3-11H2,1-2H3,(H,25,26). The van der Waals surface area contributed by atoms with Crippen LogP contribution in [0.1, 0.15) is 79.7 Å². The minimum atomic E-state index is -0.0212. The molecule has 2 aromatic rings. The molecule has 0 saturated carbocycles. The first-order valence-electron chi connectivity index (χ1n) is 10.5. The van der Waals surface area contributed by atoms with Gasteiger partial charge in [0.05, 0.1) is 5.57 Å². The van der Waals surface area contributed by atoms with Gasteiger partial charge < -0.3 is 9.73 Å². The predicted molar refractivity (Wildman–Crippen MR) is 111 cm³/mol. The molecule has 0 unspecified atom stereocenters. The number of hydrogen-bond acceptors (Lipinski definition) is 2. The van der Waals surface area contributed by atoms with Crippen molar-refractivity contribution in [1.82, 2.24) is 0 Å². The molecule has 142 valence electrons. The molecule has 1 aliphatic carbocycles. The van der Waals surface area contributed by atoms with E-state index >= 15 is 0 Å². The van der Waals surface area contributed by atoms with E-state index < -0.39 is 0 Å². The van der Waals surface area contributed by atoms with Crippen LogP contribution in [0.2, 0.25) is 0 Å². The summed E-state index contributed by atoms with van der Waals surface area (Å²) < 4.78 is 6.29. The molecule has 1 aromatic heterocycles. The topological polar surface area (TPSA) is 42.2 Å². The van der Waals surface area contributed by atoms with Gasteiger partial charge >= 0.3 is 0 Å². The molecule has 1 aliphatic heterocycles. The van der Waals surface area contributed by atoms with Crippen LogP contribution in [0.15, 0.2) is 22.6 Å². The Hall–Kier alpha value is -2.29. The van der Waals surface area contributed by atoms with E-state index in [0.717, 1.165) is 54.0 Å². The molecule has 27 heavy (non-hydrogen) atoms. The van der Waals surface area contributed by atoms with E-state index in [2.05, 4.69) is 31.3 Å². The molecule has 3 nitrogen and oxygen atoms in total. The summed E-state index contributed by atoms with van der Waals surface area (Å²) in [6, 6.07) is 6.24. The van der Waals surface area contributed by atoms with E-state index in [4.69, 9.17) is 4.42 Å². The van der Waals surface area contributed by atoms with Gasteiger partial charge in [0, 0.05) is 23.2 Å². The fraction of sp³-hybridized carbons (Fsp3) is 0.458. The van der Waals surface area contributed by atoms with Crippen LogP contribution >= 0.6 is 0 Å². The maximum atomic E-state index is 12.6. The van der Waals surface area contributed by atoms with Gasteiger partial charge in [0.25, 0.3) is 5.91 Å². The Morgan fingerprint density at radius 1 is 1.15 bits per heavy atom. The first kappa shape index (κ1) is 18.1. The highest BCUT2D eigenvalue weighted by Gasteiger charge is 2.27. The van der Waals surface area contributed by atoms with E-state index in [9.17, 15) is 4.79 Å². The molecule has 2 heterocycles. The van der Waals surface area contributed by atoms with Gasteiger partial charge in [0.1, 0.15) is 11.5 Å². The summed E-state index contributed by atoms with van der Waals surface area (Å²) in [5.74, 6) is 2.05. The number of carbonyl (C=O) groups excluding carboxylic acids is 1. The monoisotopic (exact) mass is 363 g/mol. The Morgan fingerprint density at radius 3 is 2.81 bits per heavy atom. The lowest BCUT2D eigenvalue weighted by molar-refractivity contribution is -0.110. The molecule has 0 radical (unpaired) electrons. The molecule has 0 bridgehead atoms. The van der Waals surface area contributed by atoms with Crippen molar-refractivity contribution in [2.24, 2.45) is 0 Å². The van der Waals surface area contributed by atoms with Crippen LogP contribution in [0, 0.1) is 0 Å². The molecule has 0 spiro atoms. The van der Waals surface area contributed by atoms with Crippen molar-refractivity contribution in [1.29, 1.82) is 0 Å². The second-order valence-corrected chi connectivity index (χ2v) is 7.76. The average Bonchev–Trinajstić information content (AvgIpc) is 3.19. The summed E-state index contributed by atoms with van der Waals surface area (Å²) in [6.07, 6.45) is 12.2. The third-order valence-electron chi connectivity index (χ3n) is 5.89. The van der Waals surface area contributed by atoms with Crippen LogP contribution in [0.4, 0.5) is 5.69 Å². The number of unbranched alkanes of at least 4 members (excludes halogenated alkanes) is 2. The van der Waals surface area contributed by atoms with Gasteiger partial charge in [0.2, 0.25) is 0 Å². The summed E-state index contributed by atoms with van der Waals surface area (Å²) in [5.41, 5.74) is 6.67. The molecule has 1 N–H and O–H groups in total. The van der Waals surface area contributed by atoms with Crippen LogP contribution in [0.25, 0.3) is 11.6 Å². The van der Waals surface area contributed by atoms with E-state index in [0.29, 0.717) is 0 Å². The Bertz CT molecular complexity index is 888. The largest absolute Gasteiger partial charge is 0.461 e. The molecule has 4 rings (SSSR count). The second-order valence-electron chi connectivity index (χ2n) is 7.76. The Labute approximate surface area is 161 Å². The molecule has 2 aliphatic rings. The van der Waals surface area contributed by atoms with E-state index in [1.54, 1.807) is 0 Å². The highest BCUT2D eigenvalue weighted by molar-refractivity contribution is 6.34. The number of aryl methyl sites for hydroxylation is 2. The zero-order valence-electron chi connectivity index (χ0n) is 16.5. The normalized spacial score (nSPS) is 17.1. The number of anilines is 1. The number of rotatable bonds is 6. The predicted octanol–water partition coefficient (Wildman–Crippen LogP) is 5.95. The molecule has 0 atom stereocenters. The summed E-state index contributed by atoms with van der Waals surface area (Å²) in [6.45, 7) is 4.38. The third kappa shape index (κ3) is 3.47. The number of hydrogen-bond donors (Lipinski definition) is 1. The van der Waals surface area contributed by atoms with Crippen molar-refractivity contribution >= 4 is 23.2 Å². The van der Waals surface area contributed by atoms with Crippen LogP contribution in [0.5, 0.6) is 0 Å². The molecule has 0 saturated heterocycles. The van der Waals surface area contributed by atoms with Crippen LogP contribution in [-0.4, -0.2) is 5.91 Å². The molecule has 1 aromatic carbocycles.